The van der Waals surface area contributed by atoms with Gasteiger partial charge in [0.05, 0.1) is 32.4 Å². The number of hydrogen-bond donors (Lipinski definition) is 2. The first kappa shape index (κ1) is 15.3. The van der Waals surface area contributed by atoms with E-state index in [-0.39, 0.29) is 12.5 Å². The fourth-order valence-corrected chi connectivity index (χ4v) is 1.98. The zero-order valence-electron chi connectivity index (χ0n) is 12.0. The molecule has 112 valence electrons. The second-order valence-electron chi connectivity index (χ2n) is 4.46. The van der Waals surface area contributed by atoms with Crippen LogP contribution in [0.5, 0.6) is 5.75 Å². The summed E-state index contributed by atoms with van der Waals surface area (Å²) in [5.74, 6) is 6.13. The zero-order chi connectivity index (χ0) is 15.1. The van der Waals surface area contributed by atoms with E-state index >= 15 is 0 Å². The van der Waals surface area contributed by atoms with Gasteiger partial charge in [0.25, 0.3) is 5.91 Å². The fraction of sp³-hybridized carbons (Fsp3) is 0.400. The Balaban J connectivity index is 2.13. The summed E-state index contributed by atoms with van der Waals surface area (Å²) in [5.41, 5.74) is 9.42. The van der Waals surface area contributed by atoms with E-state index in [9.17, 15) is 4.79 Å². The lowest BCUT2D eigenvalue weighted by molar-refractivity contribution is 0.0126. The van der Waals surface area contributed by atoms with Crippen LogP contribution in [0.1, 0.15) is 15.9 Å². The zero-order valence-corrected chi connectivity index (χ0v) is 12.0. The van der Waals surface area contributed by atoms with E-state index < -0.39 is 0 Å². The standard InChI is InChI=1S/C15H19N3O3/c1-20-14-5-4-13(11-12(14)3-2-6-16)15(19)17-18-7-9-21-10-8-18/h4-5,11H,6-10,16H2,1H3,(H,17,19). The van der Waals surface area contributed by atoms with E-state index in [0.717, 1.165) is 0 Å². The predicted octanol–water partition coefficient (Wildman–Crippen LogP) is -0.0176. The summed E-state index contributed by atoms with van der Waals surface area (Å²) in [6.45, 7) is 2.86. The van der Waals surface area contributed by atoms with Crippen LogP contribution in [0.4, 0.5) is 0 Å². The summed E-state index contributed by atoms with van der Waals surface area (Å²) < 4.78 is 10.5. The van der Waals surface area contributed by atoms with E-state index in [0.29, 0.717) is 43.2 Å². The number of nitrogens with two attached hydrogens (primary N) is 1. The minimum Gasteiger partial charge on any atom is -0.495 e. The number of morpholine rings is 1. The van der Waals surface area contributed by atoms with Crippen LogP contribution in [-0.2, 0) is 4.74 Å². The molecule has 21 heavy (non-hydrogen) atoms. The molecule has 0 bridgehead atoms. The quantitative estimate of drug-likeness (QED) is 0.765. The SMILES string of the molecule is COc1ccc(C(=O)NN2CCOCC2)cc1C#CCN. The van der Waals surface area contributed by atoms with Crippen molar-refractivity contribution in [1.29, 1.82) is 0 Å². The van der Waals surface area contributed by atoms with E-state index in [2.05, 4.69) is 17.3 Å². The van der Waals surface area contributed by atoms with Crippen LogP contribution in [-0.4, -0.2) is 50.9 Å². The summed E-state index contributed by atoms with van der Waals surface area (Å²) >= 11 is 0. The van der Waals surface area contributed by atoms with Crippen molar-refractivity contribution >= 4 is 5.91 Å². The molecule has 0 aromatic heterocycles. The molecule has 1 aliphatic rings. The van der Waals surface area contributed by atoms with Crippen molar-refractivity contribution < 1.29 is 14.3 Å². The number of ether oxygens (including phenoxy) is 2. The Hall–Kier alpha value is -2.07. The van der Waals surface area contributed by atoms with Crippen LogP contribution < -0.4 is 15.9 Å². The molecule has 1 aromatic carbocycles. The summed E-state index contributed by atoms with van der Waals surface area (Å²) in [7, 11) is 1.57. The third kappa shape index (κ3) is 4.20. The molecule has 6 heteroatoms. The fourth-order valence-electron chi connectivity index (χ4n) is 1.98. The minimum absolute atomic E-state index is 0.171. The van der Waals surface area contributed by atoms with Crippen molar-refractivity contribution in [2.45, 2.75) is 0 Å². The Morgan fingerprint density at radius 1 is 1.48 bits per heavy atom. The average Bonchev–Trinajstić information content (AvgIpc) is 2.53. The molecule has 6 nitrogen and oxygen atoms in total. The molecule has 1 aliphatic heterocycles. The third-order valence-electron chi connectivity index (χ3n) is 3.06. The van der Waals surface area contributed by atoms with E-state index in [1.807, 2.05) is 5.01 Å². The number of nitrogens with zero attached hydrogens (tertiary/aromatic N) is 1. The van der Waals surface area contributed by atoms with Crippen LogP contribution in [0.15, 0.2) is 18.2 Å². The van der Waals surface area contributed by atoms with Crippen LogP contribution in [0.25, 0.3) is 0 Å². The van der Waals surface area contributed by atoms with Crippen molar-refractivity contribution in [3.63, 3.8) is 0 Å². The van der Waals surface area contributed by atoms with Gasteiger partial charge in [0.1, 0.15) is 5.75 Å². The Morgan fingerprint density at radius 2 is 2.24 bits per heavy atom. The van der Waals surface area contributed by atoms with Gasteiger partial charge in [-0.3, -0.25) is 10.2 Å². The van der Waals surface area contributed by atoms with Gasteiger partial charge in [0.15, 0.2) is 0 Å². The lowest BCUT2D eigenvalue weighted by Gasteiger charge is -2.26. The van der Waals surface area contributed by atoms with Gasteiger partial charge in [-0.05, 0) is 18.2 Å². The first-order chi connectivity index (χ1) is 10.2. The predicted molar refractivity (Wildman–Crippen MR) is 78.8 cm³/mol. The molecular formula is C15H19N3O3. The number of hydrogen-bond acceptors (Lipinski definition) is 5. The summed E-state index contributed by atoms with van der Waals surface area (Å²) in [5, 5.41) is 1.85. The average molecular weight is 289 g/mol. The first-order valence-electron chi connectivity index (χ1n) is 6.75. The highest BCUT2D eigenvalue weighted by atomic mass is 16.5. The summed E-state index contributed by atoms with van der Waals surface area (Å²) in [4.78, 5) is 12.2. The normalized spacial score (nSPS) is 15.0. The van der Waals surface area contributed by atoms with Gasteiger partial charge in [-0.2, -0.15) is 0 Å². The maximum absolute atomic E-state index is 12.2. The molecule has 2 rings (SSSR count). The highest BCUT2D eigenvalue weighted by Gasteiger charge is 2.15. The van der Waals surface area contributed by atoms with Crippen LogP contribution in [0.2, 0.25) is 0 Å². The number of nitrogens with one attached hydrogen (secondary N) is 1. The molecule has 3 N–H and O–H groups in total. The van der Waals surface area contributed by atoms with Crippen molar-refractivity contribution in [2.24, 2.45) is 5.73 Å². The summed E-state index contributed by atoms with van der Waals surface area (Å²) in [6, 6.07) is 5.15. The number of rotatable bonds is 3. The largest absolute Gasteiger partial charge is 0.495 e. The number of benzene rings is 1. The molecule has 1 fully saturated rings. The Morgan fingerprint density at radius 3 is 2.90 bits per heavy atom. The molecule has 0 spiro atoms. The monoisotopic (exact) mass is 289 g/mol. The first-order valence-corrected chi connectivity index (χ1v) is 6.75. The van der Waals surface area contributed by atoms with Crippen LogP contribution >= 0.6 is 0 Å². The molecule has 0 unspecified atom stereocenters. The molecule has 0 atom stereocenters. The van der Waals surface area contributed by atoms with E-state index in [1.54, 1.807) is 25.3 Å². The number of carbonyl (C=O) groups is 1. The Kier molecular flexibility index (Phi) is 5.58. The third-order valence-corrected chi connectivity index (χ3v) is 3.06. The topological polar surface area (TPSA) is 76.8 Å². The van der Waals surface area contributed by atoms with Crippen molar-refractivity contribution in [1.82, 2.24) is 10.4 Å². The lowest BCUT2D eigenvalue weighted by atomic mass is 10.1. The van der Waals surface area contributed by atoms with Gasteiger partial charge in [0.2, 0.25) is 0 Å². The Bertz CT molecular complexity index is 557. The second-order valence-corrected chi connectivity index (χ2v) is 4.46. The van der Waals surface area contributed by atoms with Gasteiger partial charge in [-0.1, -0.05) is 11.8 Å². The van der Waals surface area contributed by atoms with E-state index in [1.165, 1.54) is 0 Å². The maximum atomic E-state index is 12.2. The highest BCUT2D eigenvalue weighted by molar-refractivity contribution is 5.94. The van der Waals surface area contributed by atoms with E-state index in [4.69, 9.17) is 15.2 Å². The van der Waals surface area contributed by atoms with Crippen molar-refractivity contribution in [3.05, 3.63) is 29.3 Å². The van der Waals surface area contributed by atoms with Gasteiger partial charge in [-0.15, -0.1) is 0 Å². The molecule has 0 saturated carbocycles. The lowest BCUT2D eigenvalue weighted by Crippen LogP contribution is -2.48. The number of amides is 1. The molecular weight excluding hydrogens is 270 g/mol. The Labute approximate surface area is 124 Å². The van der Waals surface area contributed by atoms with Gasteiger partial charge >= 0.3 is 0 Å². The molecule has 1 heterocycles. The highest BCUT2D eigenvalue weighted by Crippen LogP contribution is 2.19. The van der Waals surface area contributed by atoms with Crippen molar-refractivity contribution in [2.75, 3.05) is 40.0 Å². The van der Waals surface area contributed by atoms with Crippen LogP contribution in [0, 0.1) is 11.8 Å². The van der Waals surface area contributed by atoms with Gasteiger partial charge in [0, 0.05) is 18.7 Å². The molecule has 0 aliphatic carbocycles. The second kappa shape index (κ2) is 7.64. The smallest absolute Gasteiger partial charge is 0.265 e. The maximum Gasteiger partial charge on any atom is 0.265 e. The van der Waals surface area contributed by atoms with Gasteiger partial charge in [-0.25, -0.2) is 5.01 Å². The van der Waals surface area contributed by atoms with Crippen LogP contribution in [0.3, 0.4) is 0 Å². The molecule has 1 amide bonds. The van der Waals surface area contributed by atoms with Gasteiger partial charge < -0.3 is 15.2 Å². The number of hydrazine groups is 1. The minimum atomic E-state index is -0.171. The molecule has 1 saturated heterocycles. The summed E-state index contributed by atoms with van der Waals surface area (Å²) in [6.07, 6.45) is 0. The number of carbonyl (C=O) groups excluding carboxylic acids is 1. The molecule has 1 aromatic rings. The van der Waals surface area contributed by atoms with Crippen molar-refractivity contribution in [3.8, 4) is 17.6 Å². The molecule has 0 radical (unpaired) electrons. The number of methoxy groups -OCH3 is 1.